The van der Waals surface area contributed by atoms with Gasteiger partial charge in [0.2, 0.25) is 0 Å². The summed E-state index contributed by atoms with van der Waals surface area (Å²) in [5.41, 5.74) is 1.84. The van der Waals surface area contributed by atoms with Crippen molar-refractivity contribution in [3.8, 4) is 0 Å². The molecule has 2 fully saturated rings. The Morgan fingerprint density at radius 2 is 2.00 bits per heavy atom. The van der Waals surface area contributed by atoms with E-state index in [-0.39, 0.29) is 11.7 Å². The van der Waals surface area contributed by atoms with Crippen LogP contribution in [0.25, 0.3) is 11.2 Å². The first-order valence-corrected chi connectivity index (χ1v) is 8.01. The van der Waals surface area contributed by atoms with E-state index in [2.05, 4.69) is 9.88 Å². The van der Waals surface area contributed by atoms with Crippen LogP contribution in [0, 0.1) is 0 Å². The largest absolute Gasteiger partial charge is 0.330 e. The Kier molecular flexibility index (Phi) is 3.10. The Balaban J connectivity index is 1.68. The second-order valence-corrected chi connectivity index (χ2v) is 6.43. The zero-order chi connectivity index (χ0) is 14.4. The minimum Gasteiger partial charge on any atom is -0.298 e. The maximum absolute atomic E-state index is 12.6. The zero-order valence-electron chi connectivity index (χ0n) is 12.5. The maximum Gasteiger partial charge on any atom is 0.330 e. The van der Waals surface area contributed by atoms with Crippen LogP contribution in [-0.4, -0.2) is 38.1 Å². The van der Waals surface area contributed by atoms with Crippen LogP contribution in [0.2, 0.25) is 0 Å². The van der Waals surface area contributed by atoms with Crippen molar-refractivity contribution in [2.24, 2.45) is 7.05 Å². The third-order valence-electron chi connectivity index (χ3n) is 5.25. The number of nitrogens with zero attached hydrogens (tertiary/aromatic N) is 4. The van der Waals surface area contributed by atoms with Gasteiger partial charge in [0.1, 0.15) is 0 Å². The minimum absolute atomic E-state index is 0.0713. The molecule has 1 saturated carbocycles. The Hall–Kier alpha value is -1.62. The molecule has 0 unspecified atom stereocenters. The molecule has 2 aliphatic rings. The van der Waals surface area contributed by atoms with E-state index in [1.54, 1.807) is 10.8 Å². The van der Waals surface area contributed by atoms with Crippen molar-refractivity contribution >= 4 is 11.2 Å². The number of pyridine rings is 1. The average Bonchev–Trinajstić information content (AvgIpc) is 3.21. The molecule has 0 aromatic carbocycles. The minimum atomic E-state index is 0.0713. The summed E-state index contributed by atoms with van der Waals surface area (Å²) in [6.45, 7) is 2.12. The topological polar surface area (TPSA) is 43.1 Å². The Labute approximate surface area is 124 Å². The lowest BCUT2D eigenvalue weighted by atomic mass is 10.2. The predicted octanol–water partition coefficient (Wildman–Crippen LogP) is 1.92. The van der Waals surface area contributed by atoms with Crippen molar-refractivity contribution in [1.82, 2.24) is 19.0 Å². The smallest absolute Gasteiger partial charge is 0.298 e. The SMILES string of the molecule is Cn1c(=O)n([C@@H]2CCN(C3CCCC3)C2)c2ncccc21. The number of hydrogen-bond acceptors (Lipinski definition) is 3. The number of rotatable bonds is 2. The molecule has 5 nitrogen and oxygen atoms in total. The third kappa shape index (κ3) is 2.02. The summed E-state index contributed by atoms with van der Waals surface area (Å²) < 4.78 is 3.64. The summed E-state index contributed by atoms with van der Waals surface area (Å²) >= 11 is 0. The quantitative estimate of drug-likeness (QED) is 0.847. The molecule has 1 atom stereocenters. The van der Waals surface area contributed by atoms with Crippen LogP contribution in [0.5, 0.6) is 0 Å². The molecule has 4 rings (SSSR count). The van der Waals surface area contributed by atoms with Gasteiger partial charge < -0.3 is 0 Å². The molecule has 3 heterocycles. The lowest BCUT2D eigenvalue weighted by molar-refractivity contribution is 0.237. The summed E-state index contributed by atoms with van der Waals surface area (Å²) in [5, 5.41) is 0. The molecular weight excluding hydrogens is 264 g/mol. The maximum atomic E-state index is 12.6. The van der Waals surface area contributed by atoms with E-state index in [0.29, 0.717) is 0 Å². The molecule has 0 N–H and O–H groups in total. The van der Waals surface area contributed by atoms with Crippen LogP contribution < -0.4 is 5.69 Å². The van der Waals surface area contributed by atoms with Crippen LogP contribution in [0.15, 0.2) is 23.1 Å². The average molecular weight is 286 g/mol. The fourth-order valence-electron chi connectivity index (χ4n) is 4.10. The summed E-state index contributed by atoms with van der Waals surface area (Å²) in [7, 11) is 1.84. The van der Waals surface area contributed by atoms with Crippen molar-refractivity contribution in [1.29, 1.82) is 0 Å². The normalized spacial score (nSPS) is 24.3. The summed E-state index contributed by atoms with van der Waals surface area (Å²) in [5.74, 6) is 0. The molecule has 2 aromatic rings. The van der Waals surface area contributed by atoms with Gasteiger partial charge in [-0.15, -0.1) is 0 Å². The molecule has 0 spiro atoms. The highest BCUT2D eigenvalue weighted by Gasteiger charge is 2.32. The van der Waals surface area contributed by atoms with Crippen molar-refractivity contribution in [2.45, 2.75) is 44.2 Å². The highest BCUT2D eigenvalue weighted by atomic mass is 16.1. The number of aromatic nitrogens is 3. The van der Waals surface area contributed by atoms with Gasteiger partial charge in [0.05, 0.1) is 11.6 Å². The Morgan fingerprint density at radius 3 is 2.81 bits per heavy atom. The van der Waals surface area contributed by atoms with Crippen LogP contribution in [0.1, 0.15) is 38.1 Å². The lowest BCUT2D eigenvalue weighted by Gasteiger charge is -2.23. The van der Waals surface area contributed by atoms with Crippen LogP contribution in [-0.2, 0) is 7.05 Å². The number of imidazole rings is 1. The second kappa shape index (κ2) is 4.98. The number of aryl methyl sites for hydroxylation is 1. The molecule has 1 aliphatic carbocycles. The van der Waals surface area contributed by atoms with Crippen LogP contribution in [0.3, 0.4) is 0 Å². The molecule has 1 aliphatic heterocycles. The molecular formula is C16H22N4O. The van der Waals surface area contributed by atoms with Crippen molar-refractivity contribution in [3.63, 3.8) is 0 Å². The van der Waals surface area contributed by atoms with E-state index >= 15 is 0 Å². The third-order valence-corrected chi connectivity index (χ3v) is 5.25. The van der Waals surface area contributed by atoms with Crippen LogP contribution in [0.4, 0.5) is 0 Å². The molecule has 1 saturated heterocycles. The highest BCUT2D eigenvalue weighted by Crippen LogP contribution is 2.31. The Morgan fingerprint density at radius 1 is 1.19 bits per heavy atom. The molecule has 21 heavy (non-hydrogen) atoms. The number of fused-ring (bicyclic) bond motifs is 1. The Bertz CT molecular complexity index is 711. The van der Waals surface area contributed by atoms with E-state index in [1.165, 1.54) is 25.7 Å². The van der Waals surface area contributed by atoms with Gasteiger partial charge >= 0.3 is 5.69 Å². The second-order valence-electron chi connectivity index (χ2n) is 6.43. The summed E-state index contributed by atoms with van der Waals surface area (Å²) in [6, 6.07) is 4.89. The van der Waals surface area contributed by atoms with E-state index < -0.39 is 0 Å². The van der Waals surface area contributed by atoms with Gasteiger partial charge in [-0.3, -0.25) is 14.0 Å². The summed E-state index contributed by atoms with van der Waals surface area (Å²) in [4.78, 5) is 19.6. The van der Waals surface area contributed by atoms with Gasteiger partial charge in [-0.05, 0) is 31.4 Å². The van der Waals surface area contributed by atoms with Gasteiger partial charge in [-0.25, -0.2) is 9.78 Å². The predicted molar refractivity (Wildman–Crippen MR) is 82.5 cm³/mol. The van der Waals surface area contributed by atoms with Crippen molar-refractivity contribution in [2.75, 3.05) is 13.1 Å². The van der Waals surface area contributed by atoms with Gasteiger partial charge in [0.25, 0.3) is 0 Å². The first-order chi connectivity index (χ1) is 10.3. The fraction of sp³-hybridized carbons (Fsp3) is 0.625. The van der Waals surface area contributed by atoms with Gasteiger partial charge in [0.15, 0.2) is 5.65 Å². The van der Waals surface area contributed by atoms with Crippen LogP contribution >= 0.6 is 0 Å². The van der Waals surface area contributed by atoms with Gasteiger partial charge in [-0.2, -0.15) is 0 Å². The number of likely N-dealkylation sites (tertiary alicyclic amines) is 1. The molecule has 0 bridgehead atoms. The van der Waals surface area contributed by atoms with E-state index in [9.17, 15) is 4.79 Å². The van der Waals surface area contributed by atoms with E-state index in [1.807, 2.05) is 23.7 Å². The first kappa shape index (κ1) is 13.1. The molecule has 5 heteroatoms. The lowest BCUT2D eigenvalue weighted by Crippen LogP contribution is -2.33. The van der Waals surface area contributed by atoms with Gasteiger partial charge in [0, 0.05) is 32.4 Å². The van der Waals surface area contributed by atoms with E-state index in [0.717, 1.165) is 36.7 Å². The first-order valence-electron chi connectivity index (χ1n) is 8.01. The van der Waals surface area contributed by atoms with E-state index in [4.69, 9.17) is 0 Å². The zero-order valence-corrected chi connectivity index (χ0v) is 12.5. The van der Waals surface area contributed by atoms with Crippen molar-refractivity contribution < 1.29 is 0 Å². The highest BCUT2D eigenvalue weighted by molar-refractivity contribution is 5.71. The number of hydrogen-bond donors (Lipinski definition) is 0. The molecule has 112 valence electrons. The molecule has 2 aromatic heterocycles. The fourth-order valence-corrected chi connectivity index (χ4v) is 4.10. The molecule has 0 amide bonds. The standard InChI is InChI=1S/C16H22N4O/c1-18-14-7-4-9-17-15(14)20(16(18)21)13-8-10-19(11-13)12-5-2-3-6-12/h4,7,9,12-13H,2-3,5-6,8,10-11H2,1H3/t13-/m1/s1. The monoisotopic (exact) mass is 286 g/mol. The summed E-state index contributed by atoms with van der Waals surface area (Å²) in [6.07, 6.45) is 8.22. The van der Waals surface area contributed by atoms with Crippen molar-refractivity contribution in [3.05, 3.63) is 28.8 Å². The van der Waals surface area contributed by atoms with Gasteiger partial charge in [-0.1, -0.05) is 12.8 Å². The molecule has 0 radical (unpaired) electrons.